The summed E-state index contributed by atoms with van der Waals surface area (Å²) < 4.78 is 18.1. The molecule has 0 unspecified atom stereocenters. The summed E-state index contributed by atoms with van der Waals surface area (Å²) in [7, 11) is 1.16. The van der Waals surface area contributed by atoms with Gasteiger partial charge in [0.05, 0.1) is 12.7 Å². The first kappa shape index (κ1) is 11.6. The number of methoxy groups -OCH3 is 1. The van der Waals surface area contributed by atoms with Gasteiger partial charge in [0.25, 0.3) is 5.78 Å². The molecule has 0 aromatic heterocycles. The molecule has 1 aromatic carbocycles. The van der Waals surface area contributed by atoms with Gasteiger partial charge in [-0.2, -0.15) is 0 Å². The zero-order chi connectivity index (χ0) is 11.6. The molecule has 0 atom stereocenters. The summed E-state index contributed by atoms with van der Waals surface area (Å²) in [6.07, 6.45) is 0. The summed E-state index contributed by atoms with van der Waals surface area (Å²) in [6, 6.07) is 2.27. The lowest BCUT2D eigenvalue weighted by Gasteiger charge is -2.07. The SMILES string of the molecule is COc1c(F)cc(Br)cc1C(=O)C(=O)O. The molecule has 15 heavy (non-hydrogen) atoms. The lowest BCUT2D eigenvalue weighted by atomic mass is 10.1. The van der Waals surface area contributed by atoms with Crippen LogP contribution in [0.15, 0.2) is 16.6 Å². The molecule has 0 aliphatic heterocycles. The summed E-state index contributed by atoms with van der Waals surface area (Å²) >= 11 is 2.95. The van der Waals surface area contributed by atoms with Crippen molar-refractivity contribution in [2.75, 3.05) is 7.11 Å². The molecule has 0 aliphatic carbocycles. The molecular weight excluding hydrogens is 271 g/mol. The first-order valence-electron chi connectivity index (χ1n) is 3.78. The van der Waals surface area contributed by atoms with E-state index >= 15 is 0 Å². The Kier molecular flexibility index (Phi) is 3.41. The lowest BCUT2D eigenvalue weighted by molar-refractivity contribution is -0.131. The summed E-state index contributed by atoms with van der Waals surface area (Å²) in [5.74, 6) is -4.04. The van der Waals surface area contributed by atoms with Gasteiger partial charge in [0.1, 0.15) is 0 Å². The molecule has 6 heteroatoms. The molecule has 80 valence electrons. The van der Waals surface area contributed by atoms with Gasteiger partial charge in [-0.1, -0.05) is 15.9 Å². The second-order valence-electron chi connectivity index (χ2n) is 2.60. The van der Waals surface area contributed by atoms with E-state index < -0.39 is 17.6 Å². The number of ketones is 1. The molecule has 1 rings (SSSR count). The van der Waals surface area contributed by atoms with Crippen molar-refractivity contribution >= 4 is 27.7 Å². The van der Waals surface area contributed by atoms with Crippen LogP contribution in [0.25, 0.3) is 0 Å². The highest BCUT2D eigenvalue weighted by molar-refractivity contribution is 9.10. The molecule has 0 radical (unpaired) electrons. The fraction of sp³-hybridized carbons (Fsp3) is 0.111. The number of hydrogen-bond donors (Lipinski definition) is 1. The molecule has 0 amide bonds. The topological polar surface area (TPSA) is 63.6 Å². The van der Waals surface area contributed by atoms with E-state index in [1.54, 1.807) is 0 Å². The van der Waals surface area contributed by atoms with Gasteiger partial charge in [-0.25, -0.2) is 9.18 Å². The van der Waals surface area contributed by atoms with E-state index in [0.29, 0.717) is 0 Å². The Morgan fingerprint density at radius 2 is 2.07 bits per heavy atom. The molecular formula is C9H6BrFO4. The Balaban J connectivity index is 3.38. The minimum Gasteiger partial charge on any atom is -0.493 e. The van der Waals surface area contributed by atoms with Gasteiger partial charge in [-0.15, -0.1) is 0 Å². The number of Topliss-reactive ketones (excluding diaryl/α,β-unsaturated/α-hetero) is 1. The van der Waals surface area contributed by atoms with E-state index in [4.69, 9.17) is 5.11 Å². The number of aliphatic carboxylic acids is 1. The minimum absolute atomic E-state index is 0.269. The van der Waals surface area contributed by atoms with Gasteiger partial charge >= 0.3 is 5.97 Å². The van der Waals surface area contributed by atoms with E-state index in [0.717, 1.165) is 13.2 Å². The number of carboxylic acids is 1. The predicted molar refractivity (Wildman–Crippen MR) is 52.6 cm³/mol. The van der Waals surface area contributed by atoms with Gasteiger partial charge in [0.15, 0.2) is 11.6 Å². The third kappa shape index (κ3) is 2.33. The van der Waals surface area contributed by atoms with Crippen LogP contribution in [0.3, 0.4) is 0 Å². The van der Waals surface area contributed by atoms with Crippen molar-refractivity contribution in [3.05, 3.63) is 28.0 Å². The number of ether oxygens (including phenoxy) is 1. The average Bonchev–Trinajstić information content (AvgIpc) is 2.15. The summed E-state index contributed by atoms with van der Waals surface area (Å²) in [5, 5.41) is 8.49. The van der Waals surface area contributed by atoms with Crippen LogP contribution in [0, 0.1) is 5.82 Å². The molecule has 0 bridgehead atoms. The smallest absolute Gasteiger partial charge is 0.377 e. The van der Waals surface area contributed by atoms with E-state index in [-0.39, 0.29) is 15.8 Å². The standard InChI is InChI=1S/C9H6BrFO4/c1-15-8-5(7(12)9(13)14)2-4(10)3-6(8)11/h2-3H,1H3,(H,13,14). The van der Waals surface area contributed by atoms with Crippen LogP contribution in [0.2, 0.25) is 0 Å². The van der Waals surface area contributed by atoms with Crippen molar-refractivity contribution in [1.82, 2.24) is 0 Å². The Hall–Kier alpha value is -1.43. The molecule has 0 heterocycles. The number of hydrogen-bond acceptors (Lipinski definition) is 3. The monoisotopic (exact) mass is 276 g/mol. The first-order chi connectivity index (χ1) is 6.97. The van der Waals surface area contributed by atoms with E-state index in [2.05, 4.69) is 20.7 Å². The largest absolute Gasteiger partial charge is 0.493 e. The predicted octanol–water partition coefficient (Wildman–Crippen LogP) is 1.86. The fourth-order valence-electron chi connectivity index (χ4n) is 1.05. The molecule has 0 fully saturated rings. The molecule has 4 nitrogen and oxygen atoms in total. The highest BCUT2D eigenvalue weighted by Crippen LogP contribution is 2.27. The number of carbonyl (C=O) groups is 2. The normalized spacial score (nSPS) is 9.80. The van der Waals surface area contributed by atoms with Gasteiger partial charge in [-0.3, -0.25) is 4.79 Å². The van der Waals surface area contributed by atoms with Gasteiger partial charge < -0.3 is 9.84 Å². The number of carbonyl (C=O) groups excluding carboxylic acids is 1. The van der Waals surface area contributed by atoms with Crippen LogP contribution in [0.5, 0.6) is 5.75 Å². The van der Waals surface area contributed by atoms with Crippen LogP contribution >= 0.6 is 15.9 Å². The Bertz CT molecular complexity index is 430. The second kappa shape index (κ2) is 4.39. The second-order valence-corrected chi connectivity index (χ2v) is 3.52. The number of halogens is 2. The maximum atomic E-state index is 13.2. The first-order valence-corrected chi connectivity index (χ1v) is 4.57. The molecule has 1 N–H and O–H groups in total. The van der Waals surface area contributed by atoms with Crippen molar-refractivity contribution in [2.45, 2.75) is 0 Å². The number of carboxylic acid groups (broad SMARTS) is 1. The summed E-state index contributed by atoms with van der Waals surface area (Å²) in [5.41, 5.74) is -0.322. The van der Waals surface area contributed by atoms with E-state index in [1.807, 2.05) is 0 Å². The third-order valence-electron chi connectivity index (χ3n) is 1.65. The van der Waals surface area contributed by atoms with Crippen molar-refractivity contribution < 1.29 is 23.8 Å². The molecule has 1 aromatic rings. The zero-order valence-electron chi connectivity index (χ0n) is 7.58. The van der Waals surface area contributed by atoms with Gasteiger partial charge in [-0.05, 0) is 12.1 Å². The van der Waals surface area contributed by atoms with E-state index in [1.165, 1.54) is 6.07 Å². The van der Waals surface area contributed by atoms with Crippen molar-refractivity contribution in [3.8, 4) is 5.75 Å². The van der Waals surface area contributed by atoms with Crippen molar-refractivity contribution in [2.24, 2.45) is 0 Å². The highest BCUT2D eigenvalue weighted by Gasteiger charge is 2.22. The Morgan fingerprint density at radius 1 is 1.47 bits per heavy atom. The zero-order valence-corrected chi connectivity index (χ0v) is 9.17. The van der Waals surface area contributed by atoms with Crippen molar-refractivity contribution in [1.29, 1.82) is 0 Å². The van der Waals surface area contributed by atoms with Crippen LogP contribution in [-0.4, -0.2) is 24.0 Å². The maximum absolute atomic E-state index is 13.2. The maximum Gasteiger partial charge on any atom is 0.377 e. The molecule has 0 aliphatic rings. The summed E-state index contributed by atoms with van der Waals surface area (Å²) in [6.45, 7) is 0. The Morgan fingerprint density at radius 3 is 2.53 bits per heavy atom. The molecule has 0 saturated heterocycles. The lowest BCUT2D eigenvalue weighted by Crippen LogP contribution is -2.14. The summed E-state index contributed by atoms with van der Waals surface area (Å²) in [4.78, 5) is 21.6. The minimum atomic E-state index is -1.66. The number of rotatable bonds is 3. The quantitative estimate of drug-likeness (QED) is 0.676. The van der Waals surface area contributed by atoms with Crippen LogP contribution < -0.4 is 4.74 Å². The van der Waals surface area contributed by atoms with Crippen LogP contribution in [-0.2, 0) is 4.79 Å². The van der Waals surface area contributed by atoms with Crippen LogP contribution in [0.4, 0.5) is 4.39 Å². The molecule has 0 saturated carbocycles. The van der Waals surface area contributed by atoms with Gasteiger partial charge in [0, 0.05) is 4.47 Å². The molecule has 0 spiro atoms. The van der Waals surface area contributed by atoms with E-state index in [9.17, 15) is 14.0 Å². The average molecular weight is 277 g/mol. The Labute approximate surface area is 92.8 Å². The fourth-order valence-corrected chi connectivity index (χ4v) is 1.48. The van der Waals surface area contributed by atoms with Crippen LogP contribution in [0.1, 0.15) is 10.4 Å². The third-order valence-corrected chi connectivity index (χ3v) is 2.11. The van der Waals surface area contributed by atoms with Gasteiger partial charge in [0.2, 0.25) is 0 Å². The van der Waals surface area contributed by atoms with Crippen molar-refractivity contribution in [3.63, 3.8) is 0 Å². The highest BCUT2D eigenvalue weighted by atomic mass is 79.9. The number of benzene rings is 1.